The van der Waals surface area contributed by atoms with Crippen LogP contribution in [0.1, 0.15) is 22.6 Å². The normalized spacial score (nSPS) is 30.3. The molecule has 5 N–H and O–H groups in total. The van der Waals surface area contributed by atoms with Gasteiger partial charge < -0.3 is 58.7 Å². The van der Waals surface area contributed by atoms with Crippen molar-refractivity contribution in [1.82, 2.24) is 0 Å². The lowest BCUT2D eigenvalue weighted by molar-refractivity contribution is -0.294. The largest absolute Gasteiger partial charge is 0.493 e. The molecule has 1 saturated heterocycles. The molecular formula is C28H34O13. The Labute approximate surface area is 235 Å². The van der Waals surface area contributed by atoms with E-state index in [1.54, 1.807) is 18.2 Å². The van der Waals surface area contributed by atoms with Crippen molar-refractivity contribution in [3.05, 3.63) is 41.0 Å². The van der Waals surface area contributed by atoms with Crippen molar-refractivity contribution in [1.29, 1.82) is 0 Å². The molecule has 1 aliphatic carbocycles. The van der Waals surface area contributed by atoms with E-state index >= 15 is 0 Å². The number of carbonyl (C=O) groups excluding carboxylic acids is 1. The number of ether oxygens (including phenoxy) is 7. The molecule has 0 amide bonds. The van der Waals surface area contributed by atoms with Gasteiger partial charge in [0.25, 0.3) is 0 Å². The first-order chi connectivity index (χ1) is 19.8. The van der Waals surface area contributed by atoms with Gasteiger partial charge >= 0.3 is 5.97 Å². The number of aliphatic hydroxyl groups excluding tert-OH is 5. The van der Waals surface area contributed by atoms with Gasteiger partial charge in [0.1, 0.15) is 24.4 Å². The molecule has 41 heavy (non-hydrogen) atoms. The maximum Gasteiger partial charge on any atom is 0.312 e. The Morgan fingerprint density at radius 2 is 1.54 bits per heavy atom. The predicted octanol–water partition coefficient (Wildman–Crippen LogP) is -0.303. The number of hydrogen-bond donors (Lipinski definition) is 5. The zero-order valence-corrected chi connectivity index (χ0v) is 22.8. The van der Waals surface area contributed by atoms with Crippen LogP contribution in [0.25, 0.3) is 0 Å². The van der Waals surface area contributed by atoms with Gasteiger partial charge in [-0.15, -0.1) is 0 Å². The predicted molar refractivity (Wildman–Crippen MR) is 138 cm³/mol. The van der Waals surface area contributed by atoms with Crippen LogP contribution in [0.4, 0.5) is 0 Å². The third-order valence-corrected chi connectivity index (χ3v) is 7.95. The molecule has 0 aromatic heterocycles. The molecule has 8 atom stereocenters. The molecule has 13 nitrogen and oxygen atoms in total. The van der Waals surface area contributed by atoms with E-state index in [2.05, 4.69) is 0 Å². The van der Waals surface area contributed by atoms with Gasteiger partial charge in [0.2, 0.25) is 18.8 Å². The van der Waals surface area contributed by atoms with E-state index in [0.717, 1.165) is 5.56 Å². The summed E-state index contributed by atoms with van der Waals surface area (Å²) in [5, 5.41) is 50.9. The van der Waals surface area contributed by atoms with Crippen molar-refractivity contribution in [2.75, 3.05) is 41.3 Å². The zero-order valence-electron chi connectivity index (χ0n) is 22.8. The summed E-state index contributed by atoms with van der Waals surface area (Å²) in [6, 6.07) is 7.01. The molecule has 0 unspecified atom stereocenters. The standard InChI is InChI=1S/C28H34O13/c1-35-18-6-13(7-19(36-2)26(18)37-3)21-15-8-17-16(38-11-39-17)5-12(15)4-14(9-29)22(21)27(34)41-28-25(33)24(32)23(31)20(10-30)40-28/h5-8,14,20-25,28-33H,4,9-11H2,1-3H3/t14-,20+,21+,22-,23+,24-,25+,28-/m0/s1. The summed E-state index contributed by atoms with van der Waals surface area (Å²) in [5.41, 5.74) is 2.11. The molecule has 2 heterocycles. The van der Waals surface area contributed by atoms with Crippen molar-refractivity contribution >= 4 is 5.97 Å². The molecule has 13 heteroatoms. The van der Waals surface area contributed by atoms with Crippen LogP contribution < -0.4 is 23.7 Å². The van der Waals surface area contributed by atoms with Crippen LogP contribution in [0.15, 0.2) is 24.3 Å². The number of fused-ring (bicyclic) bond motifs is 2. The van der Waals surface area contributed by atoms with Gasteiger partial charge in [-0.05, 0) is 47.4 Å². The number of aliphatic hydroxyl groups is 5. The summed E-state index contributed by atoms with van der Waals surface area (Å²) in [4.78, 5) is 13.9. The summed E-state index contributed by atoms with van der Waals surface area (Å²) < 4.78 is 38.8. The summed E-state index contributed by atoms with van der Waals surface area (Å²) in [7, 11) is 4.41. The van der Waals surface area contributed by atoms with Crippen molar-refractivity contribution in [2.24, 2.45) is 11.8 Å². The fraction of sp³-hybridized carbons (Fsp3) is 0.536. The highest BCUT2D eigenvalue weighted by Gasteiger charge is 2.49. The quantitative estimate of drug-likeness (QED) is 0.258. The maximum absolute atomic E-state index is 13.9. The Morgan fingerprint density at radius 3 is 2.12 bits per heavy atom. The molecule has 1 fully saturated rings. The highest BCUT2D eigenvalue weighted by molar-refractivity contribution is 5.77. The number of rotatable bonds is 8. The highest BCUT2D eigenvalue weighted by Crippen LogP contribution is 2.51. The third-order valence-electron chi connectivity index (χ3n) is 7.95. The summed E-state index contributed by atoms with van der Waals surface area (Å²) in [6.07, 6.45) is -7.79. The molecule has 5 rings (SSSR count). The van der Waals surface area contributed by atoms with E-state index in [0.29, 0.717) is 39.9 Å². The Morgan fingerprint density at radius 1 is 0.878 bits per heavy atom. The van der Waals surface area contributed by atoms with Gasteiger partial charge in [-0.1, -0.05) is 0 Å². The molecule has 0 bridgehead atoms. The second-order valence-corrected chi connectivity index (χ2v) is 10.1. The smallest absolute Gasteiger partial charge is 0.312 e. The van der Waals surface area contributed by atoms with Crippen molar-refractivity contribution in [3.63, 3.8) is 0 Å². The van der Waals surface area contributed by atoms with E-state index in [1.807, 2.05) is 6.07 Å². The Balaban J connectivity index is 1.61. The van der Waals surface area contributed by atoms with Crippen LogP contribution in [0.2, 0.25) is 0 Å². The van der Waals surface area contributed by atoms with Gasteiger partial charge in [0.05, 0.1) is 33.9 Å². The van der Waals surface area contributed by atoms with Gasteiger partial charge in [-0.3, -0.25) is 4.79 Å². The van der Waals surface area contributed by atoms with Crippen LogP contribution >= 0.6 is 0 Å². The minimum absolute atomic E-state index is 0.0408. The molecule has 0 spiro atoms. The topological polar surface area (TPSA) is 183 Å². The Bertz CT molecular complexity index is 1240. The van der Waals surface area contributed by atoms with Gasteiger partial charge in [-0.2, -0.15) is 0 Å². The first-order valence-electron chi connectivity index (χ1n) is 13.1. The molecule has 2 aromatic carbocycles. The van der Waals surface area contributed by atoms with Crippen molar-refractivity contribution in [2.45, 2.75) is 43.0 Å². The second kappa shape index (κ2) is 11.9. The highest BCUT2D eigenvalue weighted by atomic mass is 16.7. The van der Waals surface area contributed by atoms with Crippen LogP contribution in [0, 0.1) is 11.8 Å². The van der Waals surface area contributed by atoms with Gasteiger partial charge in [0.15, 0.2) is 23.0 Å². The fourth-order valence-corrected chi connectivity index (χ4v) is 5.87. The lowest BCUT2D eigenvalue weighted by Gasteiger charge is -2.42. The molecule has 224 valence electrons. The van der Waals surface area contributed by atoms with E-state index in [-0.39, 0.29) is 19.8 Å². The van der Waals surface area contributed by atoms with E-state index in [1.165, 1.54) is 21.3 Å². The van der Waals surface area contributed by atoms with Crippen LogP contribution in [-0.4, -0.2) is 104 Å². The number of benzene rings is 2. The van der Waals surface area contributed by atoms with E-state index in [9.17, 15) is 30.3 Å². The minimum atomic E-state index is -1.78. The Kier molecular flexibility index (Phi) is 8.45. The van der Waals surface area contributed by atoms with Gasteiger partial charge in [-0.25, -0.2) is 0 Å². The fourth-order valence-electron chi connectivity index (χ4n) is 5.87. The molecule has 3 aliphatic rings. The average Bonchev–Trinajstić information content (AvgIpc) is 3.45. The number of hydrogen-bond acceptors (Lipinski definition) is 13. The Hall–Kier alpha value is -3.33. The maximum atomic E-state index is 13.9. The zero-order chi connectivity index (χ0) is 29.4. The molecule has 2 aromatic rings. The van der Waals surface area contributed by atoms with Gasteiger partial charge in [0, 0.05) is 18.4 Å². The molecular weight excluding hydrogens is 544 g/mol. The second-order valence-electron chi connectivity index (χ2n) is 10.1. The molecule has 2 aliphatic heterocycles. The third kappa shape index (κ3) is 5.13. The SMILES string of the molecule is COc1cc([C@@H]2c3cc4c(cc3C[C@@H](CO)[C@@H]2C(=O)O[C@@H]2O[C@H](CO)[C@@H](O)[C@H](O)[C@H]2O)OCO4)cc(OC)c1OC. The minimum Gasteiger partial charge on any atom is -0.493 e. The first kappa shape index (κ1) is 29.2. The van der Waals surface area contributed by atoms with E-state index in [4.69, 9.17) is 33.2 Å². The lowest BCUT2D eigenvalue weighted by Crippen LogP contribution is -2.60. The number of methoxy groups -OCH3 is 3. The summed E-state index contributed by atoms with van der Waals surface area (Å²) in [5.74, 6) is -1.18. The van der Waals surface area contributed by atoms with Crippen molar-refractivity contribution < 1.29 is 63.5 Å². The molecule has 0 saturated carbocycles. The monoisotopic (exact) mass is 578 g/mol. The van der Waals surface area contributed by atoms with Crippen LogP contribution in [0.3, 0.4) is 0 Å². The average molecular weight is 579 g/mol. The lowest BCUT2D eigenvalue weighted by atomic mass is 9.66. The van der Waals surface area contributed by atoms with Crippen LogP contribution in [-0.2, 0) is 20.7 Å². The first-order valence-corrected chi connectivity index (χ1v) is 13.1. The summed E-state index contributed by atoms with van der Waals surface area (Å²) >= 11 is 0. The number of carbonyl (C=O) groups is 1. The number of esters is 1. The molecule has 0 radical (unpaired) electrons. The van der Waals surface area contributed by atoms with Crippen LogP contribution in [0.5, 0.6) is 28.7 Å². The van der Waals surface area contributed by atoms with E-state index < -0.39 is 61.0 Å². The summed E-state index contributed by atoms with van der Waals surface area (Å²) in [6.45, 7) is -1.03. The van der Waals surface area contributed by atoms with Crippen molar-refractivity contribution in [3.8, 4) is 28.7 Å².